The van der Waals surface area contributed by atoms with E-state index in [2.05, 4.69) is 34.9 Å². The Bertz CT molecular complexity index is 599. The normalized spacial score (nSPS) is 29.2. The number of aliphatic hydroxyl groups is 1. The van der Waals surface area contributed by atoms with Gasteiger partial charge in [0.25, 0.3) is 0 Å². The van der Waals surface area contributed by atoms with Crippen LogP contribution in [0.1, 0.15) is 43.2 Å². The Kier molecular flexibility index (Phi) is 3.80. The summed E-state index contributed by atoms with van der Waals surface area (Å²) in [5.74, 6) is 1.15. The van der Waals surface area contributed by atoms with Crippen LogP contribution in [-0.2, 0) is 11.8 Å². The fraction of sp³-hybridized carbons (Fsp3) is 0.632. The lowest BCUT2D eigenvalue weighted by Gasteiger charge is -2.18. The highest BCUT2D eigenvalue weighted by Gasteiger charge is 2.57. The smallest absolute Gasteiger partial charge is 0.315 e. The van der Waals surface area contributed by atoms with Gasteiger partial charge in [-0.3, -0.25) is 0 Å². The number of carbonyl (C=O) groups excluding carboxylic acids is 1. The molecule has 1 aromatic carbocycles. The summed E-state index contributed by atoms with van der Waals surface area (Å²) in [5.41, 5.74) is 3.35. The molecule has 4 heteroatoms. The molecule has 3 aliphatic rings. The highest BCUT2D eigenvalue weighted by atomic mass is 16.3. The number of hydrogen-bond donors (Lipinski definition) is 3. The van der Waals surface area contributed by atoms with Crippen LogP contribution >= 0.6 is 0 Å². The van der Waals surface area contributed by atoms with Gasteiger partial charge in [-0.2, -0.15) is 0 Å². The minimum Gasteiger partial charge on any atom is -0.396 e. The average Bonchev–Trinajstić information content (AvgIpc) is 3.45. The molecule has 0 bridgehead atoms. The molecule has 23 heavy (non-hydrogen) atoms. The Morgan fingerprint density at radius 1 is 1.35 bits per heavy atom. The molecule has 0 saturated heterocycles. The number of aryl methyl sites for hydroxylation is 1. The van der Waals surface area contributed by atoms with Gasteiger partial charge in [-0.1, -0.05) is 24.3 Å². The van der Waals surface area contributed by atoms with Crippen molar-refractivity contribution < 1.29 is 9.90 Å². The van der Waals surface area contributed by atoms with E-state index in [1.807, 2.05) is 0 Å². The number of nitrogens with one attached hydrogen (secondary N) is 2. The molecule has 3 aliphatic carbocycles. The maximum Gasteiger partial charge on any atom is 0.315 e. The lowest BCUT2D eigenvalue weighted by atomic mass is 9.95. The van der Waals surface area contributed by atoms with Gasteiger partial charge in [-0.15, -0.1) is 0 Å². The summed E-state index contributed by atoms with van der Waals surface area (Å²) in [5, 5.41) is 15.2. The Morgan fingerprint density at radius 3 is 2.96 bits per heavy atom. The third kappa shape index (κ3) is 2.85. The first-order chi connectivity index (χ1) is 11.2. The second-order valence-corrected chi connectivity index (χ2v) is 7.52. The van der Waals surface area contributed by atoms with Crippen LogP contribution in [0.25, 0.3) is 0 Å². The quantitative estimate of drug-likeness (QED) is 0.755. The zero-order valence-electron chi connectivity index (χ0n) is 13.6. The van der Waals surface area contributed by atoms with E-state index in [-0.39, 0.29) is 18.7 Å². The van der Waals surface area contributed by atoms with Crippen molar-refractivity contribution in [3.63, 3.8) is 0 Å². The average molecular weight is 314 g/mol. The number of urea groups is 1. The first kappa shape index (κ1) is 15.0. The summed E-state index contributed by atoms with van der Waals surface area (Å²) in [6.07, 6.45) is 6.63. The van der Waals surface area contributed by atoms with Gasteiger partial charge < -0.3 is 15.7 Å². The molecule has 0 radical (unpaired) electrons. The summed E-state index contributed by atoms with van der Waals surface area (Å²) in [6, 6.07) is 8.85. The molecular formula is C19H26N2O2. The van der Waals surface area contributed by atoms with Crippen LogP contribution in [0, 0.1) is 11.8 Å². The summed E-state index contributed by atoms with van der Waals surface area (Å²) < 4.78 is 0. The topological polar surface area (TPSA) is 61.4 Å². The molecule has 2 amide bonds. The highest BCUT2D eigenvalue weighted by molar-refractivity contribution is 5.74. The van der Waals surface area contributed by atoms with Gasteiger partial charge in [-0.25, -0.2) is 4.79 Å². The van der Waals surface area contributed by atoms with Crippen molar-refractivity contribution in [1.82, 2.24) is 10.6 Å². The molecule has 3 atom stereocenters. The first-order valence-electron chi connectivity index (χ1n) is 8.96. The number of hydrogen-bond acceptors (Lipinski definition) is 2. The SMILES string of the molecule is O=C(NC[C@@H]1C[C@]12CCc1ccccc12)N[C@H](CCO)C1CC1. The molecule has 0 aliphatic heterocycles. The maximum atomic E-state index is 12.1. The Hall–Kier alpha value is -1.55. The van der Waals surface area contributed by atoms with E-state index < -0.39 is 0 Å². The van der Waals surface area contributed by atoms with Gasteiger partial charge in [0.2, 0.25) is 0 Å². The van der Waals surface area contributed by atoms with Crippen LogP contribution in [0.2, 0.25) is 0 Å². The zero-order valence-corrected chi connectivity index (χ0v) is 13.6. The molecule has 0 unspecified atom stereocenters. The monoisotopic (exact) mass is 314 g/mol. The number of rotatable bonds is 6. The minimum atomic E-state index is -0.0660. The first-order valence-corrected chi connectivity index (χ1v) is 8.96. The lowest BCUT2D eigenvalue weighted by Crippen LogP contribution is -2.44. The van der Waals surface area contributed by atoms with Gasteiger partial charge in [0.05, 0.1) is 0 Å². The van der Waals surface area contributed by atoms with Gasteiger partial charge in [-0.05, 0) is 61.5 Å². The zero-order chi connectivity index (χ0) is 15.9. The number of aliphatic hydroxyl groups excluding tert-OH is 1. The molecule has 2 saturated carbocycles. The fourth-order valence-electron chi connectivity index (χ4n) is 4.50. The molecule has 1 aromatic rings. The van der Waals surface area contributed by atoms with Crippen molar-refractivity contribution in [3.8, 4) is 0 Å². The molecule has 3 N–H and O–H groups in total. The van der Waals surface area contributed by atoms with Crippen LogP contribution in [0.4, 0.5) is 4.79 Å². The van der Waals surface area contributed by atoms with E-state index in [4.69, 9.17) is 5.11 Å². The summed E-state index contributed by atoms with van der Waals surface area (Å²) in [6.45, 7) is 0.903. The van der Waals surface area contributed by atoms with E-state index in [0.29, 0.717) is 23.7 Å². The van der Waals surface area contributed by atoms with Crippen molar-refractivity contribution in [2.24, 2.45) is 11.8 Å². The largest absolute Gasteiger partial charge is 0.396 e. The molecule has 2 fully saturated rings. The second-order valence-electron chi connectivity index (χ2n) is 7.52. The molecule has 0 aromatic heterocycles. The second kappa shape index (κ2) is 5.82. The molecule has 1 spiro atoms. The van der Waals surface area contributed by atoms with Crippen molar-refractivity contribution in [2.45, 2.75) is 50.0 Å². The van der Waals surface area contributed by atoms with Crippen LogP contribution in [-0.4, -0.2) is 30.3 Å². The number of benzene rings is 1. The van der Waals surface area contributed by atoms with E-state index >= 15 is 0 Å². The molecule has 124 valence electrons. The predicted octanol–water partition coefficient (Wildman–Crippen LogP) is 2.35. The van der Waals surface area contributed by atoms with Crippen LogP contribution < -0.4 is 10.6 Å². The molecular weight excluding hydrogens is 288 g/mol. The number of carbonyl (C=O) groups is 1. The number of amides is 2. The summed E-state index contributed by atoms with van der Waals surface area (Å²) in [4.78, 5) is 12.1. The minimum absolute atomic E-state index is 0.0660. The van der Waals surface area contributed by atoms with Crippen molar-refractivity contribution in [2.75, 3.05) is 13.2 Å². The van der Waals surface area contributed by atoms with Gasteiger partial charge in [0, 0.05) is 24.6 Å². The van der Waals surface area contributed by atoms with E-state index in [1.165, 1.54) is 43.2 Å². The third-order valence-corrected chi connectivity index (χ3v) is 6.08. The standard InChI is InChI=1S/C19H26N2O2/c22-10-8-17(14-5-6-14)21-18(23)20-12-15-11-19(15)9-7-13-3-1-2-4-16(13)19/h1-4,14-15,17,22H,5-12H2,(H2,20,21,23)/t15-,17+,19+/m0/s1. The maximum absolute atomic E-state index is 12.1. The lowest BCUT2D eigenvalue weighted by molar-refractivity contribution is 0.224. The van der Waals surface area contributed by atoms with E-state index in [1.54, 1.807) is 0 Å². The van der Waals surface area contributed by atoms with Crippen LogP contribution in [0.5, 0.6) is 0 Å². The number of fused-ring (bicyclic) bond motifs is 2. The predicted molar refractivity (Wildman–Crippen MR) is 89.3 cm³/mol. The van der Waals surface area contributed by atoms with Crippen molar-refractivity contribution in [1.29, 1.82) is 0 Å². The summed E-state index contributed by atoms with van der Waals surface area (Å²) in [7, 11) is 0. The Morgan fingerprint density at radius 2 is 2.17 bits per heavy atom. The van der Waals surface area contributed by atoms with Crippen molar-refractivity contribution in [3.05, 3.63) is 35.4 Å². The Balaban J connectivity index is 1.29. The highest BCUT2D eigenvalue weighted by Crippen LogP contribution is 2.61. The molecule has 4 rings (SSSR count). The third-order valence-electron chi connectivity index (χ3n) is 6.08. The molecule has 0 heterocycles. The van der Waals surface area contributed by atoms with Crippen LogP contribution in [0.3, 0.4) is 0 Å². The van der Waals surface area contributed by atoms with Crippen LogP contribution in [0.15, 0.2) is 24.3 Å². The van der Waals surface area contributed by atoms with Gasteiger partial charge >= 0.3 is 6.03 Å². The fourth-order valence-corrected chi connectivity index (χ4v) is 4.50. The van der Waals surface area contributed by atoms with Gasteiger partial charge in [0.15, 0.2) is 0 Å². The van der Waals surface area contributed by atoms with Crippen molar-refractivity contribution >= 4 is 6.03 Å². The van der Waals surface area contributed by atoms with E-state index in [0.717, 1.165) is 6.54 Å². The molecule has 4 nitrogen and oxygen atoms in total. The van der Waals surface area contributed by atoms with E-state index in [9.17, 15) is 4.79 Å². The Labute approximate surface area is 137 Å². The van der Waals surface area contributed by atoms with Gasteiger partial charge in [0.1, 0.15) is 0 Å². The summed E-state index contributed by atoms with van der Waals surface area (Å²) >= 11 is 0.